The van der Waals surface area contributed by atoms with Gasteiger partial charge in [0.15, 0.2) is 5.78 Å². The highest BCUT2D eigenvalue weighted by Crippen LogP contribution is 2.27. The van der Waals surface area contributed by atoms with Gasteiger partial charge in [0.2, 0.25) is 5.91 Å². The number of para-hydroxylation sites is 1. The molecule has 2 aromatic rings. The van der Waals surface area contributed by atoms with E-state index < -0.39 is 17.7 Å². The zero-order valence-corrected chi connectivity index (χ0v) is 16.3. The highest BCUT2D eigenvalue weighted by molar-refractivity contribution is 5.99. The summed E-state index contributed by atoms with van der Waals surface area (Å²) in [6.45, 7) is 3.32. The SMILES string of the molecule is CC(=O)c1ccccc1OCCOC(=O)[C@H]1CC(=O)N(c2ccc(C)c(F)c2)C1. The average molecular weight is 399 g/mol. The molecule has 1 saturated heterocycles. The Morgan fingerprint density at radius 3 is 2.66 bits per heavy atom. The van der Waals surface area contributed by atoms with Gasteiger partial charge < -0.3 is 14.4 Å². The molecule has 3 rings (SSSR count). The molecule has 1 atom stereocenters. The van der Waals surface area contributed by atoms with Crippen molar-refractivity contribution in [2.45, 2.75) is 20.3 Å². The van der Waals surface area contributed by atoms with Crippen LogP contribution in [-0.2, 0) is 14.3 Å². The first-order valence-electron chi connectivity index (χ1n) is 9.32. The fourth-order valence-electron chi connectivity index (χ4n) is 3.16. The van der Waals surface area contributed by atoms with Crippen LogP contribution in [0.1, 0.15) is 29.3 Å². The average Bonchev–Trinajstić information content (AvgIpc) is 3.09. The minimum atomic E-state index is -0.614. The maximum atomic E-state index is 13.8. The Morgan fingerprint density at radius 1 is 1.17 bits per heavy atom. The summed E-state index contributed by atoms with van der Waals surface area (Å²) >= 11 is 0. The topological polar surface area (TPSA) is 72.9 Å². The van der Waals surface area contributed by atoms with Crippen LogP contribution in [0.25, 0.3) is 0 Å². The molecule has 1 heterocycles. The molecule has 0 aromatic heterocycles. The number of rotatable bonds is 7. The molecule has 0 saturated carbocycles. The van der Waals surface area contributed by atoms with Crippen molar-refractivity contribution < 1.29 is 28.2 Å². The first-order valence-corrected chi connectivity index (χ1v) is 9.32. The van der Waals surface area contributed by atoms with Crippen molar-refractivity contribution in [3.05, 3.63) is 59.4 Å². The van der Waals surface area contributed by atoms with Crippen molar-refractivity contribution in [1.29, 1.82) is 0 Å². The fraction of sp³-hybridized carbons (Fsp3) is 0.318. The van der Waals surface area contributed by atoms with E-state index in [4.69, 9.17) is 9.47 Å². The van der Waals surface area contributed by atoms with E-state index in [2.05, 4.69) is 0 Å². The minimum Gasteiger partial charge on any atom is -0.489 e. The molecule has 1 aliphatic heterocycles. The van der Waals surface area contributed by atoms with Crippen LogP contribution in [0.4, 0.5) is 10.1 Å². The number of hydrogen-bond acceptors (Lipinski definition) is 5. The molecule has 0 spiro atoms. The molecule has 7 heteroatoms. The monoisotopic (exact) mass is 399 g/mol. The molecule has 0 aliphatic carbocycles. The Balaban J connectivity index is 1.51. The zero-order valence-electron chi connectivity index (χ0n) is 16.3. The lowest BCUT2D eigenvalue weighted by molar-refractivity contribution is -0.149. The van der Waals surface area contributed by atoms with E-state index in [0.717, 1.165) is 0 Å². The predicted molar refractivity (Wildman–Crippen MR) is 104 cm³/mol. The first kappa shape index (κ1) is 20.5. The minimum absolute atomic E-state index is 0.00504. The number of amides is 1. The summed E-state index contributed by atoms with van der Waals surface area (Å²) in [6.07, 6.45) is 0.0162. The van der Waals surface area contributed by atoms with Crippen LogP contribution in [0.3, 0.4) is 0 Å². The normalized spacial score (nSPS) is 16.0. The Kier molecular flexibility index (Phi) is 6.26. The third kappa shape index (κ3) is 4.80. The molecule has 6 nitrogen and oxygen atoms in total. The summed E-state index contributed by atoms with van der Waals surface area (Å²) in [4.78, 5) is 37.5. The molecular formula is C22H22FNO5. The van der Waals surface area contributed by atoms with E-state index in [0.29, 0.717) is 22.6 Å². The molecule has 1 aliphatic rings. The van der Waals surface area contributed by atoms with Crippen molar-refractivity contribution in [2.24, 2.45) is 5.92 Å². The molecule has 0 bridgehead atoms. The van der Waals surface area contributed by atoms with Crippen LogP contribution >= 0.6 is 0 Å². The maximum absolute atomic E-state index is 13.8. The van der Waals surface area contributed by atoms with Gasteiger partial charge in [-0.1, -0.05) is 18.2 Å². The second kappa shape index (κ2) is 8.86. The van der Waals surface area contributed by atoms with Crippen LogP contribution in [0.15, 0.2) is 42.5 Å². The van der Waals surface area contributed by atoms with Gasteiger partial charge in [0.05, 0.1) is 11.5 Å². The molecule has 0 unspecified atom stereocenters. The van der Waals surface area contributed by atoms with E-state index >= 15 is 0 Å². The molecular weight excluding hydrogens is 377 g/mol. The van der Waals surface area contributed by atoms with Crippen molar-refractivity contribution in [2.75, 3.05) is 24.7 Å². The number of nitrogens with zero attached hydrogens (tertiary/aromatic N) is 1. The lowest BCUT2D eigenvalue weighted by Crippen LogP contribution is -2.27. The molecule has 0 radical (unpaired) electrons. The molecule has 29 heavy (non-hydrogen) atoms. The molecule has 1 amide bonds. The van der Waals surface area contributed by atoms with Gasteiger partial charge in [-0.25, -0.2) is 4.39 Å². The summed E-state index contributed by atoms with van der Waals surface area (Å²) in [5.74, 6) is -1.45. The van der Waals surface area contributed by atoms with E-state index in [1.807, 2.05) is 0 Å². The second-order valence-corrected chi connectivity index (χ2v) is 6.91. The van der Waals surface area contributed by atoms with Gasteiger partial charge in [-0.05, 0) is 43.7 Å². The number of ether oxygens (including phenoxy) is 2. The lowest BCUT2D eigenvalue weighted by atomic mass is 10.1. The summed E-state index contributed by atoms with van der Waals surface area (Å²) in [6, 6.07) is 11.4. The summed E-state index contributed by atoms with van der Waals surface area (Å²) < 4.78 is 24.5. The van der Waals surface area contributed by atoms with Crippen molar-refractivity contribution in [3.8, 4) is 5.75 Å². The zero-order chi connectivity index (χ0) is 21.0. The van der Waals surface area contributed by atoms with Crippen LogP contribution in [0.5, 0.6) is 5.75 Å². The largest absolute Gasteiger partial charge is 0.489 e. The van der Waals surface area contributed by atoms with Crippen molar-refractivity contribution in [3.63, 3.8) is 0 Å². The van der Waals surface area contributed by atoms with Gasteiger partial charge in [0, 0.05) is 18.7 Å². The number of esters is 1. The summed E-state index contributed by atoms with van der Waals surface area (Å²) in [5, 5.41) is 0. The molecule has 1 fully saturated rings. The Hall–Kier alpha value is -3.22. The van der Waals surface area contributed by atoms with Gasteiger partial charge in [-0.15, -0.1) is 0 Å². The number of Topliss-reactive ketones (excluding diaryl/α,β-unsaturated/α-hetero) is 1. The fourth-order valence-corrected chi connectivity index (χ4v) is 3.16. The number of carbonyl (C=O) groups excluding carboxylic acids is 3. The number of hydrogen-bond donors (Lipinski definition) is 0. The Labute approximate surface area is 168 Å². The number of carbonyl (C=O) groups is 3. The summed E-state index contributed by atoms with van der Waals surface area (Å²) in [5.41, 5.74) is 1.38. The second-order valence-electron chi connectivity index (χ2n) is 6.91. The van der Waals surface area contributed by atoms with Gasteiger partial charge in [0.25, 0.3) is 0 Å². The third-order valence-corrected chi connectivity index (χ3v) is 4.78. The van der Waals surface area contributed by atoms with Crippen LogP contribution in [0.2, 0.25) is 0 Å². The quantitative estimate of drug-likeness (QED) is 0.406. The Bertz CT molecular complexity index is 943. The molecule has 152 valence electrons. The van der Waals surface area contributed by atoms with E-state index in [-0.39, 0.29) is 37.9 Å². The molecule has 0 N–H and O–H groups in total. The van der Waals surface area contributed by atoms with Gasteiger partial charge in [0.1, 0.15) is 24.8 Å². The maximum Gasteiger partial charge on any atom is 0.311 e. The predicted octanol–water partition coefficient (Wildman–Crippen LogP) is 3.31. The standard InChI is InChI=1S/C22H22FNO5/c1-14-7-8-17(12-19(14)23)24-13-16(11-21(24)26)22(27)29-10-9-28-20-6-4-3-5-18(20)15(2)25/h3-8,12,16H,9-11,13H2,1-2H3/t16-/m0/s1. The Morgan fingerprint density at radius 2 is 1.93 bits per heavy atom. The number of aryl methyl sites for hydroxylation is 1. The van der Waals surface area contributed by atoms with Crippen molar-refractivity contribution >= 4 is 23.3 Å². The number of benzene rings is 2. The van der Waals surface area contributed by atoms with Gasteiger partial charge in [-0.3, -0.25) is 14.4 Å². The highest BCUT2D eigenvalue weighted by Gasteiger charge is 2.36. The third-order valence-electron chi connectivity index (χ3n) is 4.78. The van der Waals surface area contributed by atoms with Crippen LogP contribution in [0, 0.1) is 18.7 Å². The van der Waals surface area contributed by atoms with Crippen LogP contribution in [-0.4, -0.2) is 37.4 Å². The van der Waals surface area contributed by atoms with Crippen LogP contribution < -0.4 is 9.64 Å². The van der Waals surface area contributed by atoms with E-state index in [1.54, 1.807) is 43.3 Å². The molecule has 2 aromatic carbocycles. The number of halogens is 1. The van der Waals surface area contributed by atoms with Gasteiger partial charge in [-0.2, -0.15) is 0 Å². The number of anilines is 1. The summed E-state index contributed by atoms with van der Waals surface area (Å²) in [7, 11) is 0. The lowest BCUT2D eigenvalue weighted by Gasteiger charge is -2.17. The number of ketones is 1. The van der Waals surface area contributed by atoms with Crippen molar-refractivity contribution in [1.82, 2.24) is 0 Å². The first-order chi connectivity index (χ1) is 13.9. The highest BCUT2D eigenvalue weighted by atomic mass is 19.1. The van der Waals surface area contributed by atoms with Gasteiger partial charge >= 0.3 is 5.97 Å². The smallest absolute Gasteiger partial charge is 0.311 e. The van der Waals surface area contributed by atoms with E-state index in [1.165, 1.54) is 17.9 Å². The van der Waals surface area contributed by atoms with E-state index in [9.17, 15) is 18.8 Å².